The van der Waals surface area contributed by atoms with Crippen LogP contribution in [0.4, 0.5) is 11.8 Å². The number of nitrogens with zero attached hydrogens (tertiary/aromatic N) is 6. The topological polar surface area (TPSA) is 71.8 Å². The van der Waals surface area contributed by atoms with Crippen LogP contribution in [0, 0.1) is 6.92 Å². The number of hydrogen-bond acceptors (Lipinski definition) is 6. The number of pyridine rings is 1. The van der Waals surface area contributed by atoms with E-state index in [4.69, 9.17) is 9.97 Å². The highest BCUT2D eigenvalue weighted by molar-refractivity contribution is 5.88. The van der Waals surface area contributed by atoms with Gasteiger partial charge in [-0.25, -0.2) is 4.68 Å². The van der Waals surface area contributed by atoms with Crippen molar-refractivity contribution in [3.05, 3.63) is 77.8 Å². The second-order valence-corrected chi connectivity index (χ2v) is 9.19. The van der Waals surface area contributed by atoms with Crippen LogP contribution in [0.3, 0.4) is 0 Å². The molecule has 34 heavy (non-hydrogen) atoms. The maximum absolute atomic E-state index is 5.03. The van der Waals surface area contributed by atoms with Crippen molar-refractivity contribution in [1.29, 1.82) is 0 Å². The number of anilines is 2. The molecule has 4 aromatic rings. The largest absolute Gasteiger partial charge is 0.363 e. The monoisotopic (exact) mass is 453 g/mol. The third-order valence-electron chi connectivity index (χ3n) is 6.42. The zero-order chi connectivity index (χ0) is 23.7. The van der Waals surface area contributed by atoms with Crippen molar-refractivity contribution in [2.24, 2.45) is 0 Å². The first-order valence-electron chi connectivity index (χ1n) is 11.9. The summed E-state index contributed by atoms with van der Waals surface area (Å²) in [5.74, 6) is 1.55. The van der Waals surface area contributed by atoms with E-state index in [1.165, 1.54) is 22.3 Å². The van der Waals surface area contributed by atoms with E-state index in [0.29, 0.717) is 0 Å². The van der Waals surface area contributed by atoms with Crippen molar-refractivity contribution >= 4 is 28.4 Å². The van der Waals surface area contributed by atoms with Gasteiger partial charge in [0.2, 0.25) is 5.95 Å². The zero-order valence-electron chi connectivity index (χ0n) is 20.2. The van der Waals surface area contributed by atoms with E-state index in [0.717, 1.165) is 42.3 Å². The average molecular weight is 454 g/mol. The lowest BCUT2D eigenvalue weighted by atomic mass is 10.0. The summed E-state index contributed by atoms with van der Waals surface area (Å²) in [5.41, 5.74) is 5.85. The van der Waals surface area contributed by atoms with E-state index in [1.54, 1.807) is 0 Å². The standard InChI is InChI=1S/C27H31N7/c1-18(2)34-26-24(16-29-34)25(30-20(4)23-10-6-5-8-19(23)3)31-27(32-26)33-15-7-9-22(17-33)21-11-13-28-14-12-21/h5-6,8-14,16,18,20H,7,15,17H2,1-4H3,(H,30,31,32)/t20-/m1/s1. The molecule has 0 fully saturated rings. The molecule has 4 heterocycles. The molecular weight excluding hydrogens is 422 g/mol. The summed E-state index contributed by atoms with van der Waals surface area (Å²) >= 11 is 0. The van der Waals surface area contributed by atoms with Gasteiger partial charge in [-0.2, -0.15) is 15.1 Å². The van der Waals surface area contributed by atoms with E-state index in [1.807, 2.05) is 23.3 Å². The second-order valence-electron chi connectivity index (χ2n) is 9.19. The predicted octanol–water partition coefficient (Wildman–Crippen LogP) is 5.58. The highest BCUT2D eigenvalue weighted by atomic mass is 15.3. The normalized spacial score (nSPS) is 15.0. The third-order valence-corrected chi connectivity index (χ3v) is 6.42. The van der Waals surface area contributed by atoms with Gasteiger partial charge < -0.3 is 10.2 Å². The first-order valence-corrected chi connectivity index (χ1v) is 11.9. The molecule has 3 aromatic heterocycles. The number of rotatable bonds is 6. The predicted molar refractivity (Wildman–Crippen MR) is 138 cm³/mol. The van der Waals surface area contributed by atoms with Gasteiger partial charge in [-0.3, -0.25) is 4.98 Å². The van der Waals surface area contributed by atoms with Crippen LogP contribution in [0.15, 0.2) is 61.1 Å². The zero-order valence-corrected chi connectivity index (χ0v) is 20.2. The van der Waals surface area contributed by atoms with Crippen LogP contribution in [0.1, 0.15) is 56.0 Å². The minimum absolute atomic E-state index is 0.100. The maximum Gasteiger partial charge on any atom is 0.229 e. The molecule has 7 nitrogen and oxygen atoms in total. The van der Waals surface area contributed by atoms with Crippen molar-refractivity contribution in [3.8, 4) is 0 Å². The van der Waals surface area contributed by atoms with Gasteiger partial charge in [0, 0.05) is 31.5 Å². The summed E-state index contributed by atoms with van der Waals surface area (Å²) in [4.78, 5) is 16.5. The Kier molecular flexibility index (Phi) is 6.01. The van der Waals surface area contributed by atoms with Crippen LogP contribution in [-0.2, 0) is 0 Å². The van der Waals surface area contributed by atoms with Gasteiger partial charge in [-0.15, -0.1) is 0 Å². The number of fused-ring (bicyclic) bond motifs is 1. The van der Waals surface area contributed by atoms with Gasteiger partial charge in [-0.05, 0) is 68.5 Å². The van der Waals surface area contributed by atoms with E-state index >= 15 is 0 Å². The SMILES string of the molecule is Cc1ccccc1[C@@H](C)Nc1nc(N2CCC=C(c3ccncc3)C2)nc2c1cnn2C(C)C. The molecule has 1 aliphatic rings. The quantitative estimate of drug-likeness (QED) is 0.411. The maximum atomic E-state index is 5.03. The Hall–Kier alpha value is -3.74. The van der Waals surface area contributed by atoms with E-state index in [2.05, 4.69) is 90.5 Å². The van der Waals surface area contributed by atoms with E-state index < -0.39 is 0 Å². The summed E-state index contributed by atoms with van der Waals surface area (Å²) < 4.78 is 1.98. The Labute approximate surface area is 200 Å². The Morgan fingerprint density at radius 3 is 2.56 bits per heavy atom. The van der Waals surface area contributed by atoms with Crippen molar-refractivity contribution in [3.63, 3.8) is 0 Å². The van der Waals surface area contributed by atoms with Crippen molar-refractivity contribution in [2.45, 2.75) is 46.2 Å². The minimum atomic E-state index is 0.100. The van der Waals surface area contributed by atoms with Crippen molar-refractivity contribution < 1.29 is 0 Å². The molecule has 174 valence electrons. The molecule has 1 aliphatic heterocycles. The van der Waals surface area contributed by atoms with Crippen LogP contribution in [0.25, 0.3) is 16.6 Å². The van der Waals surface area contributed by atoms with Gasteiger partial charge >= 0.3 is 0 Å². The number of aryl methyl sites for hydroxylation is 1. The van der Waals surface area contributed by atoms with E-state index in [9.17, 15) is 0 Å². The number of nitrogens with one attached hydrogen (secondary N) is 1. The van der Waals surface area contributed by atoms with Crippen molar-refractivity contribution in [2.75, 3.05) is 23.3 Å². The van der Waals surface area contributed by atoms with Gasteiger partial charge in [0.1, 0.15) is 5.82 Å². The molecule has 0 aliphatic carbocycles. The average Bonchev–Trinajstić information content (AvgIpc) is 3.30. The van der Waals surface area contributed by atoms with Gasteiger partial charge in [0.15, 0.2) is 5.65 Å². The van der Waals surface area contributed by atoms with Gasteiger partial charge in [0.25, 0.3) is 0 Å². The number of aromatic nitrogens is 5. The lowest BCUT2D eigenvalue weighted by Crippen LogP contribution is -2.31. The number of hydrogen-bond donors (Lipinski definition) is 1. The van der Waals surface area contributed by atoms with Crippen molar-refractivity contribution in [1.82, 2.24) is 24.7 Å². The second kappa shape index (κ2) is 9.25. The molecule has 0 saturated carbocycles. The molecule has 5 rings (SSSR count). The third kappa shape index (κ3) is 4.25. The molecule has 0 bridgehead atoms. The first-order chi connectivity index (χ1) is 16.5. The summed E-state index contributed by atoms with van der Waals surface area (Å²) in [6.45, 7) is 10.2. The molecular formula is C27H31N7. The Balaban J connectivity index is 1.53. The Morgan fingerprint density at radius 1 is 1.00 bits per heavy atom. The fourth-order valence-electron chi connectivity index (χ4n) is 4.59. The molecule has 0 spiro atoms. The van der Waals surface area contributed by atoms with Crippen LogP contribution in [-0.4, -0.2) is 37.8 Å². The lowest BCUT2D eigenvalue weighted by molar-refractivity contribution is 0.546. The van der Waals surface area contributed by atoms with Gasteiger partial charge in [0.05, 0.1) is 17.6 Å². The molecule has 0 amide bonds. The highest BCUT2D eigenvalue weighted by Gasteiger charge is 2.22. The van der Waals surface area contributed by atoms with Gasteiger partial charge in [-0.1, -0.05) is 30.3 Å². The highest BCUT2D eigenvalue weighted by Crippen LogP contribution is 2.31. The fourth-order valence-corrected chi connectivity index (χ4v) is 4.59. The molecule has 1 atom stereocenters. The van der Waals surface area contributed by atoms with Crippen LogP contribution in [0.5, 0.6) is 0 Å². The molecule has 0 saturated heterocycles. The number of benzene rings is 1. The Bertz CT molecular complexity index is 1320. The molecule has 7 heteroatoms. The van der Waals surface area contributed by atoms with E-state index in [-0.39, 0.29) is 12.1 Å². The minimum Gasteiger partial charge on any atom is -0.363 e. The fraction of sp³-hybridized carbons (Fsp3) is 0.333. The summed E-state index contributed by atoms with van der Waals surface area (Å²) in [6, 6.07) is 12.9. The van der Waals surface area contributed by atoms with Crippen LogP contribution < -0.4 is 10.2 Å². The summed E-state index contributed by atoms with van der Waals surface area (Å²) in [6.07, 6.45) is 8.82. The molecule has 0 unspecified atom stereocenters. The Morgan fingerprint density at radius 2 is 1.79 bits per heavy atom. The molecule has 1 N–H and O–H groups in total. The summed E-state index contributed by atoms with van der Waals surface area (Å²) in [7, 11) is 0. The smallest absolute Gasteiger partial charge is 0.229 e. The first kappa shape index (κ1) is 22.1. The van der Waals surface area contributed by atoms with Crippen LogP contribution >= 0.6 is 0 Å². The lowest BCUT2D eigenvalue weighted by Gasteiger charge is -2.28. The molecule has 1 aromatic carbocycles. The van der Waals surface area contributed by atoms with Crippen LogP contribution in [0.2, 0.25) is 0 Å². The summed E-state index contributed by atoms with van der Waals surface area (Å²) in [5, 5.41) is 9.25. The molecule has 0 radical (unpaired) electrons.